The second kappa shape index (κ2) is 8.99. The van der Waals surface area contributed by atoms with Crippen molar-refractivity contribution in [1.82, 2.24) is 30.3 Å². The Morgan fingerprint density at radius 1 is 1.09 bits per heavy atom. The van der Waals surface area contributed by atoms with Gasteiger partial charge >= 0.3 is 6.03 Å². The third kappa shape index (κ3) is 4.70. The zero-order valence-electron chi connectivity index (χ0n) is 17.4. The second-order valence-electron chi connectivity index (χ2n) is 7.68. The van der Waals surface area contributed by atoms with Gasteiger partial charge in [0.25, 0.3) is 0 Å². The number of rotatable bonds is 4. The van der Waals surface area contributed by atoms with E-state index < -0.39 is 0 Å². The molecule has 1 saturated heterocycles. The van der Waals surface area contributed by atoms with E-state index in [0.29, 0.717) is 48.1 Å². The molecule has 3 heterocycles. The van der Waals surface area contributed by atoms with Crippen LogP contribution in [0.25, 0.3) is 22.7 Å². The van der Waals surface area contributed by atoms with Gasteiger partial charge in [-0.1, -0.05) is 28.9 Å². The van der Waals surface area contributed by atoms with Crippen LogP contribution in [0.2, 0.25) is 5.02 Å². The third-order valence-corrected chi connectivity index (χ3v) is 5.72. The molecule has 9 nitrogen and oxygen atoms in total. The van der Waals surface area contributed by atoms with E-state index in [1.807, 2.05) is 12.1 Å². The van der Waals surface area contributed by atoms with Gasteiger partial charge in [0, 0.05) is 35.3 Å². The molecule has 0 aliphatic carbocycles. The number of nitrogens with zero attached hydrogens (tertiary/aromatic N) is 6. The van der Waals surface area contributed by atoms with Crippen LogP contribution in [0, 0.1) is 5.82 Å². The molecule has 1 aliphatic rings. The van der Waals surface area contributed by atoms with Gasteiger partial charge in [-0.3, -0.25) is 5.32 Å². The highest BCUT2D eigenvalue weighted by molar-refractivity contribution is 6.30. The lowest BCUT2D eigenvalue weighted by Gasteiger charge is -2.30. The first-order valence-electron chi connectivity index (χ1n) is 10.4. The van der Waals surface area contributed by atoms with Crippen LogP contribution in [0.5, 0.6) is 0 Å². The number of carbonyl (C=O) groups is 1. The number of carbonyl (C=O) groups excluding carboxylic acids is 1. The molecule has 4 aromatic rings. The van der Waals surface area contributed by atoms with Gasteiger partial charge in [-0.15, -0.1) is 10.2 Å². The van der Waals surface area contributed by atoms with Gasteiger partial charge in [-0.2, -0.15) is 4.80 Å². The lowest BCUT2D eigenvalue weighted by molar-refractivity contribution is 0.174. The number of benzene rings is 2. The van der Waals surface area contributed by atoms with Gasteiger partial charge in [0.2, 0.25) is 5.82 Å². The molecule has 168 valence electrons. The number of tetrazole rings is 1. The number of hydrogen-bond donors (Lipinski definition) is 1. The number of hydrogen-bond acceptors (Lipinski definition) is 6. The molecule has 0 spiro atoms. The number of piperidine rings is 1. The summed E-state index contributed by atoms with van der Waals surface area (Å²) in [6.45, 7) is 1.06. The molecule has 0 unspecified atom stereocenters. The van der Waals surface area contributed by atoms with E-state index in [1.54, 1.807) is 40.0 Å². The van der Waals surface area contributed by atoms with Crippen molar-refractivity contribution < 1.29 is 13.7 Å². The molecule has 11 heteroatoms. The van der Waals surface area contributed by atoms with E-state index in [2.05, 4.69) is 25.9 Å². The average molecular weight is 468 g/mol. The predicted octanol–water partition coefficient (Wildman–Crippen LogP) is 4.66. The monoisotopic (exact) mass is 467 g/mol. The summed E-state index contributed by atoms with van der Waals surface area (Å²) in [5.41, 5.74) is 1.38. The van der Waals surface area contributed by atoms with E-state index in [4.69, 9.17) is 16.1 Å². The van der Waals surface area contributed by atoms with Crippen LogP contribution < -0.4 is 5.32 Å². The molecule has 2 aromatic carbocycles. The van der Waals surface area contributed by atoms with Crippen LogP contribution >= 0.6 is 11.6 Å². The number of aromatic nitrogens is 5. The van der Waals surface area contributed by atoms with E-state index in [0.717, 1.165) is 5.56 Å². The van der Waals surface area contributed by atoms with Gasteiger partial charge in [0.1, 0.15) is 5.82 Å². The second-order valence-corrected chi connectivity index (χ2v) is 8.11. The first-order chi connectivity index (χ1) is 16.0. The largest absolute Gasteiger partial charge is 0.354 e. The maximum absolute atomic E-state index is 13.4. The van der Waals surface area contributed by atoms with Crippen LogP contribution in [0.4, 0.5) is 15.0 Å². The van der Waals surface area contributed by atoms with Crippen LogP contribution in [0.3, 0.4) is 0 Å². The van der Waals surface area contributed by atoms with E-state index in [-0.39, 0.29) is 23.7 Å². The summed E-state index contributed by atoms with van der Waals surface area (Å²) in [4.78, 5) is 16.0. The summed E-state index contributed by atoms with van der Waals surface area (Å²) in [7, 11) is 0. The third-order valence-electron chi connectivity index (χ3n) is 5.46. The Balaban J connectivity index is 1.17. The maximum Gasteiger partial charge on any atom is 0.323 e. The number of anilines is 1. The molecular weight excluding hydrogens is 449 g/mol. The van der Waals surface area contributed by atoms with Crippen molar-refractivity contribution in [3.63, 3.8) is 0 Å². The first-order valence-corrected chi connectivity index (χ1v) is 10.8. The van der Waals surface area contributed by atoms with Crippen LogP contribution in [0.1, 0.15) is 18.9 Å². The molecule has 1 fully saturated rings. The SMILES string of the molecule is O=C(Nc1cc(-c2cccc(F)c2)on1)N1CCC(n2nnc(-c3ccc(Cl)cc3)n2)CC1. The Hall–Kier alpha value is -3.79. The average Bonchev–Trinajstić information content (AvgIpc) is 3.50. The topological polar surface area (TPSA) is 102 Å². The maximum atomic E-state index is 13.4. The van der Waals surface area contributed by atoms with Gasteiger partial charge in [-0.05, 0) is 54.5 Å². The van der Waals surface area contributed by atoms with Crippen molar-refractivity contribution in [2.24, 2.45) is 0 Å². The standard InChI is InChI=1S/C22H19ClFN7O2/c23-16-6-4-14(5-7-16)21-26-29-31(27-21)18-8-10-30(11-9-18)22(32)25-20-13-19(33-28-20)15-2-1-3-17(24)12-15/h1-7,12-13,18H,8-11H2,(H,25,28,32). The number of likely N-dealkylation sites (tertiary alicyclic amines) is 1. The number of nitrogens with one attached hydrogen (secondary N) is 1. The van der Waals surface area contributed by atoms with Crippen molar-refractivity contribution >= 4 is 23.4 Å². The van der Waals surface area contributed by atoms with E-state index >= 15 is 0 Å². The summed E-state index contributed by atoms with van der Waals surface area (Å²) in [5, 5.41) is 20.1. The van der Waals surface area contributed by atoms with Crippen LogP contribution in [-0.4, -0.2) is 49.4 Å². The molecule has 0 saturated carbocycles. The number of amides is 2. The van der Waals surface area contributed by atoms with Crippen molar-refractivity contribution in [3.8, 4) is 22.7 Å². The van der Waals surface area contributed by atoms with Gasteiger partial charge < -0.3 is 9.42 Å². The van der Waals surface area contributed by atoms with Gasteiger partial charge in [0.05, 0.1) is 6.04 Å². The molecule has 33 heavy (non-hydrogen) atoms. The minimum absolute atomic E-state index is 0.0502. The molecule has 1 N–H and O–H groups in total. The zero-order valence-corrected chi connectivity index (χ0v) is 18.1. The molecule has 2 aromatic heterocycles. The summed E-state index contributed by atoms with van der Waals surface area (Å²) in [5.74, 6) is 0.802. The summed E-state index contributed by atoms with van der Waals surface area (Å²) < 4.78 is 18.6. The Morgan fingerprint density at radius 3 is 2.64 bits per heavy atom. The fraction of sp³-hybridized carbons (Fsp3) is 0.227. The fourth-order valence-corrected chi connectivity index (χ4v) is 3.82. The highest BCUT2D eigenvalue weighted by atomic mass is 35.5. The Morgan fingerprint density at radius 2 is 1.88 bits per heavy atom. The summed E-state index contributed by atoms with van der Waals surface area (Å²) in [6, 6.07) is 14.6. The fourth-order valence-electron chi connectivity index (χ4n) is 3.69. The smallest absolute Gasteiger partial charge is 0.323 e. The molecular formula is C22H19ClFN7O2. The molecule has 2 amide bonds. The Kier molecular flexibility index (Phi) is 5.74. The predicted molar refractivity (Wildman–Crippen MR) is 119 cm³/mol. The number of urea groups is 1. The minimum Gasteiger partial charge on any atom is -0.354 e. The molecule has 5 rings (SSSR count). The summed E-state index contributed by atoms with van der Waals surface area (Å²) in [6.07, 6.45) is 1.38. The Labute approximate surface area is 193 Å². The lowest BCUT2D eigenvalue weighted by atomic mass is 10.1. The van der Waals surface area contributed by atoms with E-state index in [1.165, 1.54) is 12.1 Å². The van der Waals surface area contributed by atoms with Crippen LogP contribution in [-0.2, 0) is 0 Å². The lowest BCUT2D eigenvalue weighted by Crippen LogP contribution is -2.41. The Bertz CT molecular complexity index is 1270. The minimum atomic E-state index is -0.375. The quantitative estimate of drug-likeness (QED) is 0.468. The van der Waals surface area contributed by atoms with Crippen molar-refractivity contribution in [2.45, 2.75) is 18.9 Å². The summed E-state index contributed by atoms with van der Waals surface area (Å²) >= 11 is 5.93. The van der Waals surface area contributed by atoms with E-state index in [9.17, 15) is 9.18 Å². The number of halogens is 2. The molecule has 1 aliphatic heterocycles. The first kappa shape index (κ1) is 21.1. The molecule has 0 bridgehead atoms. The van der Waals surface area contributed by atoms with Crippen LogP contribution in [0.15, 0.2) is 59.1 Å². The molecule has 0 radical (unpaired) electrons. The van der Waals surface area contributed by atoms with Gasteiger partial charge in [0.15, 0.2) is 11.6 Å². The van der Waals surface area contributed by atoms with Crippen molar-refractivity contribution in [2.75, 3.05) is 18.4 Å². The highest BCUT2D eigenvalue weighted by Gasteiger charge is 2.26. The normalized spacial score (nSPS) is 14.4. The molecule has 0 atom stereocenters. The highest BCUT2D eigenvalue weighted by Crippen LogP contribution is 2.25. The zero-order chi connectivity index (χ0) is 22.8. The van der Waals surface area contributed by atoms with Crippen molar-refractivity contribution in [1.29, 1.82) is 0 Å². The van der Waals surface area contributed by atoms with Gasteiger partial charge in [-0.25, -0.2) is 9.18 Å². The van der Waals surface area contributed by atoms with Crippen molar-refractivity contribution in [3.05, 3.63) is 65.4 Å².